The van der Waals surface area contributed by atoms with E-state index in [1.807, 2.05) is 7.05 Å². The lowest BCUT2D eigenvalue weighted by Gasteiger charge is -2.33. The van der Waals surface area contributed by atoms with Crippen molar-refractivity contribution < 1.29 is 14.3 Å². The largest absolute Gasteiger partial charge is 0.469 e. The Morgan fingerprint density at radius 1 is 1.20 bits per heavy atom. The van der Waals surface area contributed by atoms with E-state index in [0.717, 1.165) is 25.7 Å². The van der Waals surface area contributed by atoms with Crippen molar-refractivity contribution in [3.8, 4) is 0 Å². The molecule has 0 unspecified atom stereocenters. The number of nitrogens with zero attached hydrogens (tertiary/aromatic N) is 1. The molecule has 1 saturated carbocycles. The zero-order chi connectivity index (χ0) is 11.4. The van der Waals surface area contributed by atoms with Gasteiger partial charge in [0.25, 0.3) is 0 Å². The van der Waals surface area contributed by atoms with Gasteiger partial charge in [-0.3, -0.25) is 9.59 Å². The van der Waals surface area contributed by atoms with Gasteiger partial charge in [-0.1, -0.05) is 0 Å². The van der Waals surface area contributed by atoms with Gasteiger partial charge in [0.1, 0.15) is 0 Å². The lowest BCUT2D eigenvalue weighted by atomic mass is 9.85. The number of hydrogen-bond donors (Lipinski definition) is 0. The Morgan fingerprint density at radius 2 is 1.73 bits per heavy atom. The predicted octanol–water partition coefficient (Wildman–Crippen LogP) is 1.20. The first-order chi connectivity index (χ1) is 7.06. The van der Waals surface area contributed by atoms with Crippen LogP contribution in [0.1, 0.15) is 32.6 Å². The molecule has 0 bridgehead atoms. The second-order valence-corrected chi connectivity index (χ2v) is 4.16. The number of methoxy groups -OCH3 is 1. The molecule has 0 N–H and O–H groups in total. The molecule has 1 fully saturated rings. The monoisotopic (exact) mass is 213 g/mol. The van der Waals surface area contributed by atoms with Crippen molar-refractivity contribution in [2.24, 2.45) is 5.92 Å². The van der Waals surface area contributed by atoms with Crippen molar-refractivity contribution >= 4 is 11.9 Å². The first-order valence-corrected chi connectivity index (χ1v) is 5.37. The minimum absolute atomic E-state index is 0.0339. The van der Waals surface area contributed by atoms with E-state index in [1.54, 1.807) is 11.8 Å². The number of hydrogen-bond acceptors (Lipinski definition) is 3. The van der Waals surface area contributed by atoms with E-state index >= 15 is 0 Å². The van der Waals surface area contributed by atoms with Crippen LogP contribution in [0, 0.1) is 5.92 Å². The Bertz CT molecular complexity index is 244. The van der Waals surface area contributed by atoms with Gasteiger partial charge in [0.05, 0.1) is 13.0 Å². The quantitative estimate of drug-likeness (QED) is 0.647. The van der Waals surface area contributed by atoms with Crippen LogP contribution in [0.4, 0.5) is 0 Å². The van der Waals surface area contributed by atoms with Crippen LogP contribution in [0.15, 0.2) is 0 Å². The highest BCUT2D eigenvalue weighted by Gasteiger charge is 2.29. The van der Waals surface area contributed by atoms with Crippen LogP contribution in [0.2, 0.25) is 0 Å². The summed E-state index contributed by atoms with van der Waals surface area (Å²) in [4.78, 5) is 24.2. The van der Waals surface area contributed by atoms with Crippen LogP contribution in [-0.4, -0.2) is 37.0 Å². The van der Waals surface area contributed by atoms with E-state index in [-0.39, 0.29) is 17.8 Å². The number of carbonyl (C=O) groups is 2. The fourth-order valence-electron chi connectivity index (χ4n) is 2.12. The second-order valence-electron chi connectivity index (χ2n) is 4.16. The van der Waals surface area contributed by atoms with Crippen LogP contribution in [0.3, 0.4) is 0 Å². The molecule has 4 heteroatoms. The highest BCUT2D eigenvalue weighted by Crippen LogP contribution is 2.27. The molecule has 0 aromatic rings. The zero-order valence-electron chi connectivity index (χ0n) is 9.66. The van der Waals surface area contributed by atoms with E-state index in [9.17, 15) is 9.59 Å². The third-order valence-corrected chi connectivity index (χ3v) is 3.28. The molecule has 4 nitrogen and oxygen atoms in total. The molecule has 86 valence electrons. The lowest BCUT2D eigenvalue weighted by Crippen LogP contribution is -2.39. The third kappa shape index (κ3) is 2.94. The Hall–Kier alpha value is -1.06. The summed E-state index contributed by atoms with van der Waals surface area (Å²) in [6, 6.07) is 0.295. The van der Waals surface area contributed by atoms with Crippen molar-refractivity contribution in [1.29, 1.82) is 0 Å². The molecule has 1 aliphatic rings. The maximum absolute atomic E-state index is 11.3. The molecule has 1 amide bonds. The van der Waals surface area contributed by atoms with Crippen LogP contribution < -0.4 is 0 Å². The molecule has 0 heterocycles. The Kier molecular flexibility index (Phi) is 4.12. The van der Waals surface area contributed by atoms with Gasteiger partial charge in [0.2, 0.25) is 5.91 Å². The molecule has 1 aliphatic carbocycles. The molecular weight excluding hydrogens is 194 g/mol. The molecule has 0 aromatic heterocycles. The Balaban J connectivity index is 2.42. The molecule has 0 aliphatic heterocycles. The minimum atomic E-state index is -0.112. The molecule has 0 aromatic carbocycles. The minimum Gasteiger partial charge on any atom is -0.469 e. The topological polar surface area (TPSA) is 46.6 Å². The molecule has 0 saturated heterocycles. The van der Waals surface area contributed by atoms with E-state index in [0.29, 0.717) is 6.04 Å². The summed E-state index contributed by atoms with van der Waals surface area (Å²) in [5, 5.41) is 0. The summed E-state index contributed by atoms with van der Waals surface area (Å²) >= 11 is 0. The Labute approximate surface area is 90.6 Å². The third-order valence-electron chi connectivity index (χ3n) is 3.28. The van der Waals surface area contributed by atoms with Gasteiger partial charge in [-0.25, -0.2) is 0 Å². The van der Waals surface area contributed by atoms with E-state index < -0.39 is 0 Å². The first-order valence-electron chi connectivity index (χ1n) is 5.37. The van der Waals surface area contributed by atoms with Crippen LogP contribution in [0.25, 0.3) is 0 Å². The molecule has 0 atom stereocenters. The van der Waals surface area contributed by atoms with Crippen molar-refractivity contribution in [3.05, 3.63) is 0 Å². The number of esters is 1. The van der Waals surface area contributed by atoms with Crippen molar-refractivity contribution in [2.45, 2.75) is 38.6 Å². The smallest absolute Gasteiger partial charge is 0.308 e. The average Bonchev–Trinajstić information content (AvgIpc) is 2.27. The van der Waals surface area contributed by atoms with Gasteiger partial charge in [-0.2, -0.15) is 0 Å². The number of carbonyl (C=O) groups excluding carboxylic acids is 2. The maximum Gasteiger partial charge on any atom is 0.308 e. The van der Waals surface area contributed by atoms with Gasteiger partial charge >= 0.3 is 5.97 Å². The summed E-state index contributed by atoms with van der Waals surface area (Å²) in [5.41, 5.74) is 0. The van der Waals surface area contributed by atoms with Crippen LogP contribution in [-0.2, 0) is 14.3 Å². The molecular formula is C11H19NO3. The number of rotatable bonds is 2. The second kappa shape index (κ2) is 5.14. The average molecular weight is 213 g/mol. The standard InChI is InChI=1S/C11H19NO3/c1-8(13)12(2)10-6-4-9(5-7-10)11(14)15-3/h9-10H,4-7H2,1-3H3/t9-,10+. The van der Waals surface area contributed by atoms with E-state index in [2.05, 4.69) is 0 Å². The lowest BCUT2D eigenvalue weighted by molar-refractivity contribution is -0.147. The van der Waals surface area contributed by atoms with Crippen LogP contribution >= 0.6 is 0 Å². The van der Waals surface area contributed by atoms with Gasteiger partial charge < -0.3 is 9.64 Å². The van der Waals surface area contributed by atoms with Crippen molar-refractivity contribution in [2.75, 3.05) is 14.2 Å². The number of amides is 1. The van der Waals surface area contributed by atoms with E-state index in [1.165, 1.54) is 7.11 Å². The van der Waals surface area contributed by atoms with Crippen LogP contribution in [0.5, 0.6) is 0 Å². The van der Waals surface area contributed by atoms with Gasteiger partial charge in [0.15, 0.2) is 0 Å². The summed E-state index contributed by atoms with van der Waals surface area (Å²) < 4.78 is 4.71. The Morgan fingerprint density at radius 3 is 2.13 bits per heavy atom. The first kappa shape index (κ1) is 12.0. The predicted molar refractivity (Wildman–Crippen MR) is 56.2 cm³/mol. The molecule has 15 heavy (non-hydrogen) atoms. The summed E-state index contributed by atoms with van der Waals surface area (Å²) in [5.74, 6) is 0.0158. The van der Waals surface area contributed by atoms with Crippen molar-refractivity contribution in [1.82, 2.24) is 4.90 Å². The summed E-state index contributed by atoms with van der Waals surface area (Å²) in [6.07, 6.45) is 3.45. The van der Waals surface area contributed by atoms with Crippen molar-refractivity contribution in [3.63, 3.8) is 0 Å². The summed E-state index contributed by atoms with van der Waals surface area (Å²) in [7, 11) is 3.25. The fourth-order valence-corrected chi connectivity index (χ4v) is 2.12. The number of ether oxygens (including phenoxy) is 1. The molecule has 0 radical (unpaired) electrons. The summed E-state index contributed by atoms with van der Waals surface area (Å²) in [6.45, 7) is 1.58. The highest BCUT2D eigenvalue weighted by molar-refractivity contribution is 5.74. The van der Waals surface area contributed by atoms with Gasteiger partial charge in [0, 0.05) is 20.0 Å². The normalized spacial score (nSPS) is 25.8. The van der Waals surface area contributed by atoms with Gasteiger partial charge in [-0.05, 0) is 25.7 Å². The van der Waals surface area contributed by atoms with Gasteiger partial charge in [-0.15, -0.1) is 0 Å². The molecule has 1 rings (SSSR count). The maximum atomic E-state index is 11.3. The highest BCUT2D eigenvalue weighted by atomic mass is 16.5. The fraction of sp³-hybridized carbons (Fsp3) is 0.818. The van der Waals surface area contributed by atoms with E-state index in [4.69, 9.17) is 4.74 Å². The molecule has 0 spiro atoms. The SMILES string of the molecule is COC(=O)[C@H]1CC[C@@H](N(C)C(C)=O)CC1. The zero-order valence-corrected chi connectivity index (χ0v) is 9.66.